The van der Waals surface area contributed by atoms with Crippen LogP contribution < -0.4 is 0 Å². The van der Waals surface area contributed by atoms with Crippen molar-refractivity contribution in [3.05, 3.63) is 118 Å². The monoisotopic (exact) mass is 751 g/mol. The van der Waals surface area contributed by atoms with E-state index in [1.54, 1.807) is 35.1 Å². The van der Waals surface area contributed by atoms with Gasteiger partial charge in [0.2, 0.25) is 0 Å². The minimum Gasteiger partial charge on any atom is -0.481 e. The first-order valence-corrected chi connectivity index (χ1v) is 17.4. The molecule has 5 rings (SSSR count). The van der Waals surface area contributed by atoms with Crippen LogP contribution in [0.5, 0.6) is 0 Å². The highest BCUT2D eigenvalue weighted by atomic mass is 35.5. The lowest BCUT2D eigenvalue weighted by molar-refractivity contribution is -0.181. The van der Waals surface area contributed by atoms with E-state index in [1.807, 2.05) is 60.7 Å². The fourth-order valence-electron chi connectivity index (χ4n) is 6.68. The number of aliphatic hydroxyl groups is 1. The van der Waals surface area contributed by atoms with Crippen LogP contribution in [0.1, 0.15) is 67.9 Å². The highest BCUT2D eigenvalue weighted by molar-refractivity contribution is 6.42. The Balaban J connectivity index is 1.39. The lowest BCUT2D eigenvalue weighted by Crippen LogP contribution is -2.48. The maximum absolute atomic E-state index is 13.2. The predicted molar refractivity (Wildman–Crippen MR) is 191 cm³/mol. The zero-order valence-corrected chi connectivity index (χ0v) is 29.9. The quantitative estimate of drug-likeness (QED) is 0.119. The van der Waals surface area contributed by atoms with Crippen LogP contribution in [0.15, 0.2) is 91.1 Å². The van der Waals surface area contributed by atoms with Crippen LogP contribution in [0.25, 0.3) is 5.69 Å². The summed E-state index contributed by atoms with van der Waals surface area (Å²) in [5.74, 6) is -5.28. The number of halogens is 2. The van der Waals surface area contributed by atoms with Gasteiger partial charge in [0.1, 0.15) is 5.60 Å². The van der Waals surface area contributed by atoms with E-state index in [4.69, 9.17) is 37.8 Å². The molecule has 0 saturated carbocycles. The number of carboxylic acids is 2. The highest BCUT2D eigenvalue weighted by Crippen LogP contribution is 2.42. The van der Waals surface area contributed by atoms with E-state index < -0.39 is 54.0 Å². The van der Waals surface area contributed by atoms with Crippen molar-refractivity contribution in [3.63, 3.8) is 0 Å². The summed E-state index contributed by atoms with van der Waals surface area (Å²) in [6.07, 6.45) is -0.129. The second-order valence-corrected chi connectivity index (χ2v) is 13.7. The SMILES string of the molecule is CC(=O)OC(c1ccnn1-c1ccccc1)C(CCN1CCC(OC(=O)CC(O)(CC(=O)O)C(=O)O)(c2ccccc2)CC1)c1ccc(Cl)c(Cl)c1. The van der Waals surface area contributed by atoms with Crippen LogP contribution >= 0.6 is 23.2 Å². The maximum Gasteiger partial charge on any atom is 0.336 e. The number of nitrogens with zero attached hydrogens (tertiary/aromatic N) is 3. The van der Waals surface area contributed by atoms with Gasteiger partial charge in [0.25, 0.3) is 0 Å². The van der Waals surface area contributed by atoms with E-state index in [1.165, 1.54) is 6.92 Å². The van der Waals surface area contributed by atoms with Crippen LogP contribution in [0.2, 0.25) is 10.0 Å². The minimum absolute atomic E-state index is 0.332. The number of hydrogen-bond donors (Lipinski definition) is 3. The van der Waals surface area contributed by atoms with E-state index in [-0.39, 0.29) is 5.92 Å². The van der Waals surface area contributed by atoms with Crippen molar-refractivity contribution >= 4 is 47.1 Å². The van der Waals surface area contributed by atoms with E-state index in [9.17, 15) is 29.4 Å². The summed E-state index contributed by atoms with van der Waals surface area (Å²) >= 11 is 12.8. The Hall–Kier alpha value is -4.75. The summed E-state index contributed by atoms with van der Waals surface area (Å²) in [6.45, 7) is 2.83. The Morgan fingerprint density at radius 2 is 1.56 bits per heavy atom. The van der Waals surface area contributed by atoms with Crippen LogP contribution in [-0.4, -0.2) is 79.1 Å². The molecule has 0 amide bonds. The van der Waals surface area contributed by atoms with E-state index in [0.29, 0.717) is 60.2 Å². The number of carbonyl (C=O) groups is 4. The number of benzene rings is 3. The summed E-state index contributed by atoms with van der Waals surface area (Å²) in [4.78, 5) is 51.0. The molecular weight excluding hydrogens is 713 g/mol. The molecule has 1 saturated heterocycles. The molecule has 14 heteroatoms. The molecule has 52 heavy (non-hydrogen) atoms. The lowest BCUT2D eigenvalue weighted by Gasteiger charge is -2.42. The van der Waals surface area contributed by atoms with Gasteiger partial charge >= 0.3 is 23.9 Å². The van der Waals surface area contributed by atoms with Gasteiger partial charge in [-0.3, -0.25) is 14.4 Å². The molecular formula is C38H39Cl2N3O9. The molecule has 4 aromatic rings. The number of hydrogen-bond acceptors (Lipinski definition) is 9. The fraction of sp³-hybridized carbons (Fsp3) is 0.342. The first-order valence-electron chi connectivity index (χ1n) is 16.7. The van der Waals surface area contributed by atoms with Crippen molar-refractivity contribution < 1.29 is 44.0 Å². The third kappa shape index (κ3) is 9.18. The van der Waals surface area contributed by atoms with Gasteiger partial charge in [0.15, 0.2) is 11.7 Å². The normalized spacial score (nSPS) is 16.6. The van der Waals surface area contributed by atoms with Crippen LogP contribution in [0.4, 0.5) is 0 Å². The number of esters is 2. The molecule has 3 unspecified atom stereocenters. The second kappa shape index (κ2) is 16.7. The Kier molecular flexibility index (Phi) is 12.4. The molecule has 3 aromatic carbocycles. The molecule has 1 aliphatic rings. The van der Waals surface area contributed by atoms with Crippen LogP contribution in [-0.2, 0) is 34.3 Å². The van der Waals surface area contributed by atoms with Crippen molar-refractivity contribution in [2.45, 2.75) is 62.3 Å². The zero-order valence-electron chi connectivity index (χ0n) is 28.4. The number of rotatable bonds is 15. The Labute approximate surface area is 310 Å². The fourth-order valence-corrected chi connectivity index (χ4v) is 6.99. The van der Waals surface area contributed by atoms with Crippen molar-refractivity contribution in [2.75, 3.05) is 19.6 Å². The van der Waals surface area contributed by atoms with Crippen molar-refractivity contribution in [2.24, 2.45) is 0 Å². The van der Waals surface area contributed by atoms with E-state index >= 15 is 0 Å². The van der Waals surface area contributed by atoms with Crippen molar-refractivity contribution in [1.29, 1.82) is 0 Å². The van der Waals surface area contributed by atoms with E-state index in [0.717, 1.165) is 11.3 Å². The van der Waals surface area contributed by atoms with Crippen molar-refractivity contribution in [1.82, 2.24) is 14.7 Å². The van der Waals surface area contributed by atoms with Gasteiger partial charge < -0.3 is 29.7 Å². The number of ether oxygens (including phenoxy) is 2. The van der Waals surface area contributed by atoms with Gasteiger partial charge in [0, 0.05) is 45.0 Å². The zero-order chi connectivity index (χ0) is 37.5. The smallest absolute Gasteiger partial charge is 0.336 e. The summed E-state index contributed by atoms with van der Waals surface area (Å²) in [7, 11) is 0. The first kappa shape index (κ1) is 38.5. The molecule has 3 atom stereocenters. The number of piperidine rings is 1. The third-order valence-corrected chi connectivity index (χ3v) is 10.0. The molecule has 12 nitrogen and oxygen atoms in total. The molecule has 0 bridgehead atoms. The molecule has 1 fully saturated rings. The van der Waals surface area contributed by atoms with Gasteiger partial charge in [-0.05, 0) is 54.4 Å². The van der Waals surface area contributed by atoms with Crippen LogP contribution in [0.3, 0.4) is 0 Å². The topological polar surface area (TPSA) is 168 Å². The first-order chi connectivity index (χ1) is 24.8. The van der Waals surface area contributed by atoms with Gasteiger partial charge in [-0.15, -0.1) is 0 Å². The number of carbonyl (C=O) groups excluding carboxylic acids is 2. The summed E-state index contributed by atoms with van der Waals surface area (Å²) in [6, 6.07) is 25.7. The number of carboxylic acid groups (broad SMARTS) is 2. The Morgan fingerprint density at radius 3 is 2.15 bits per heavy atom. The number of para-hydroxylation sites is 1. The molecule has 3 N–H and O–H groups in total. The highest BCUT2D eigenvalue weighted by Gasteiger charge is 2.45. The molecule has 0 aliphatic carbocycles. The molecule has 1 aromatic heterocycles. The number of aromatic nitrogens is 2. The standard InChI is InChI=1S/C38H39Cl2N3O9/c1-25(44)51-35(32-14-18-41-43(32)28-10-6-3-7-11-28)29(26-12-13-30(39)31(40)22-26)15-19-42-20-16-38(17-21-42,27-8-4-2-5-9-27)52-34(47)24-37(50,36(48)49)23-33(45)46/h2-14,18,22,29,35,50H,15-17,19-21,23-24H2,1H3,(H,45,46)(H,48,49). The van der Waals surface area contributed by atoms with Crippen LogP contribution in [0, 0.1) is 0 Å². The number of likely N-dealkylation sites (tertiary alicyclic amines) is 1. The average Bonchev–Trinajstić information content (AvgIpc) is 3.60. The molecule has 1 aliphatic heterocycles. The van der Waals surface area contributed by atoms with Gasteiger partial charge in [0.05, 0.1) is 34.3 Å². The maximum atomic E-state index is 13.2. The molecule has 0 radical (unpaired) electrons. The second-order valence-electron chi connectivity index (χ2n) is 12.9. The molecule has 0 spiro atoms. The lowest BCUT2D eigenvalue weighted by atomic mass is 9.83. The van der Waals surface area contributed by atoms with Crippen molar-refractivity contribution in [3.8, 4) is 5.69 Å². The largest absolute Gasteiger partial charge is 0.481 e. The van der Waals surface area contributed by atoms with Gasteiger partial charge in [-0.25, -0.2) is 9.48 Å². The average molecular weight is 753 g/mol. The Morgan fingerprint density at radius 1 is 0.904 bits per heavy atom. The summed E-state index contributed by atoms with van der Waals surface area (Å²) < 4.78 is 13.8. The van der Waals surface area contributed by atoms with E-state index in [2.05, 4.69) is 10.00 Å². The number of aliphatic carboxylic acids is 2. The predicted octanol–water partition coefficient (Wildman–Crippen LogP) is 6.17. The molecule has 274 valence electrons. The third-order valence-electron chi connectivity index (χ3n) is 9.30. The molecule has 2 heterocycles. The van der Waals surface area contributed by atoms with Gasteiger partial charge in [-0.2, -0.15) is 5.10 Å². The Bertz CT molecular complexity index is 1880. The summed E-state index contributed by atoms with van der Waals surface area (Å²) in [5.41, 5.74) is -1.02. The van der Waals surface area contributed by atoms with Gasteiger partial charge in [-0.1, -0.05) is 77.8 Å². The minimum atomic E-state index is -2.82. The summed E-state index contributed by atoms with van der Waals surface area (Å²) in [5, 5.41) is 34.5.